The lowest BCUT2D eigenvalue weighted by Gasteiger charge is -2.21. The van der Waals surface area contributed by atoms with E-state index in [0.29, 0.717) is 0 Å². The van der Waals surface area contributed by atoms with Gasteiger partial charge in [0.15, 0.2) is 0 Å². The number of carbonyl (C=O) groups is 2. The fourth-order valence-corrected chi connectivity index (χ4v) is 2.43. The highest BCUT2D eigenvalue weighted by atomic mass is 19.3. The second-order valence-electron chi connectivity index (χ2n) is 5.32. The second kappa shape index (κ2) is 7.39. The van der Waals surface area contributed by atoms with Gasteiger partial charge in [0.1, 0.15) is 6.61 Å². The summed E-state index contributed by atoms with van der Waals surface area (Å²) in [7, 11) is 0. The molecule has 0 saturated carbocycles. The van der Waals surface area contributed by atoms with Crippen LogP contribution in [0.3, 0.4) is 0 Å². The Morgan fingerprint density at radius 3 is 2.61 bits per heavy atom. The maximum atomic E-state index is 13.9. The van der Waals surface area contributed by atoms with Gasteiger partial charge in [-0.15, -0.1) is 0 Å². The van der Waals surface area contributed by atoms with Crippen LogP contribution in [0.25, 0.3) is 0 Å². The zero-order valence-electron chi connectivity index (χ0n) is 12.8. The number of hydrogen-bond donors (Lipinski definition) is 0. The van der Waals surface area contributed by atoms with Gasteiger partial charge in [0, 0.05) is 13.1 Å². The number of benzene rings is 1. The van der Waals surface area contributed by atoms with Crippen molar-refractivity contribution in [3.8, 4) is 0 Å². The van der Waals surface area contributed by atoms with Gasteiger partial charge in [-0.3, -0.25) is 0 Å². The van der Waals surface area contributed by atoms with E-state index in [1.807, 2.05) is 18.2 Å². The van der Waals surface area contributed by atoms with E-state index in [1.165, 1.54) is 11.8 Å². The third-order valence-corrected chi connectivity index (χ3v) is 3.71. The van der Waals surface area contributed by atoms with Crippen molar-refractivity contribution in [2.75, 3.05) is 19.7 Å². The van der Waals surface area contributed by atoms with Crippen molar-refractivity contribution in [3.63, 3.8) is 0 Å². The first-order chi connectivity index (χ1) is 10.9. The molecule has 0 spiro atoms. The number of nitrogens with zero attached hydrogens (tertiary/aromatic N) is 1. The molecule has 0 bridgehead atoms. The Morgan fingerprint density at radius 2 is 1.96 bits per heavy atom. The summed E-state index contributed by atoms with van der Waals surface area (Å²) in [5.74, 6) is -6.37. The van der Waals surface area contributed by atoms with E-state index < -0.39 is 23.9 Å². The molecule has 1 aliphatic rings. The van der Waals surface area contributed by atoms with E-state index in [2.05, 4.69) is 4.74 Å². The van der Waals surface area contributed by atoms with Crippen LogP contribution in [-0.4, -0.2) is 42.6 Å². The van der Waals surface area contributed by atoms with Crippen molar-refractivity contribution >= 4 is 12.1 Å². The van der Waals surface area contributed by atoms with Crippen molar-refractivity contribution in [3.05, 3.63) is 35.9 Å². The molecule has 1 unspecified atom stereocenters. The Labute approximate surface area is 133 Å². The highest BCUT2D eigenvalue weighted by Crippen LogP contribution is 2.33. The number of esters is 1. The number of alkyl halides is 2. The fourth-order valence-electron chi connectivity index (χ4n) is 2.43. The number of hydrogen-bond acceptors (Lipinski definition) is 4. The number of halogens is 2. The van der Waals surface area contributed by atoms with Crippen LogP contribution in [-0.2, 0) is 20.9 Å². The van der Waals surface area contributed by atoms with E-state index >= 15 is 0 Å². The van der Waals surface area contributed by atoms with Crippen LogP contribution in [0.1, 0.15) is 18.9 Å². The van der Waals surface area contributed by atoms with E-state index in [1.54, 1.807) is 12.1 Å². The maximum absolute atomic E-state index is 13.9. The number of likely N-dealkylation sites (tertiary alicyclic amines) is 1. The second-order valence-corrected chi connectivity index (χ2v) is 5.32. The standard InChI is InChI=1S/C16H19F2NO4/c1-2-22-14(20)16(17,18)13-8-9-19(10-13)15(21)23-11-12-6-4-3-5-7-12/h3-7,13H,2,8-11H2,1H3. The molecule has 0 aliphatic carbocycles. The molecule has 2 rings (SSSR count). The van der Waals surface area contributed by atoms with Crippen molar-refractivity contribution < 1.29 is 27.8 Å². The Kier molecular flexibility index (Phi) is 5.52. The molecule has 0 aromatic heterocycles. The van der Waals surface area contributed by atoms with Crippen LogP contribution < -0.4 is 0 Å². The zero-order valence-corrected chi connectivity index (χ0v) is 12.8. The first-order valence-corrected chi connectivity index (χ1v) is 7.45. The van der Waals surface area contributed by atoms with Gasteiger partial charge in [-0.1, -0.05) is 30.3 Å². The minimum absolute atomic E-state index is 0.0340. The highest BCUT2D eigenvalue weighted by Gasteiger charge is 2.51. The minimum Gasteiger partial charge on any atom is -0.462 e. The summed E-state index contributed by atoms with van der Waals surface area (Å²) in [5, 5.41) is 0. The molecule has 1 fully saturated rings. The molecule has 1 aliphatic heterocycles. The molecule has 0 radical (unpaired) electrons. The topological polar surface area (TPSA) is 55.8 Å². The molecular formula is C16H19F2NO4. The maximum Gasteiger partial charge on any atom is 0.410 e. The van der Waals surface area contributed by atoms with E-state index in [0.717, 1.165) is 5.56 Å². The van der Waals surface area contributed by atoms with Crippen molar-refractivity contribution in [2.45, 2.75) is 25.9 Å². The normalized spacial score (nSPS) is 17.9. The summed E-state index contributed by atoms with van der Waals surface area (Å²) in [4.78, 5) is 24.5. The van der Waals surface area contributed by atoms with Gasteiger partial charge < -0.3 is 14.4 Å². The van der Waals surface area contributed by atoms with Gasteiger partial charge in [-0.05, 0) is 18.9 Å². The van der Waals surface area contributed by atoms with Crippen molar-refractivity contribution in [1.82, 2.24) is 4.90 Å². The van der Waals surface area contributed by atoms with Crippen LogP contribution in [0, 0.1) is 5.92 Å². The van der Waals surface area contributed by atoms with Gasteiger partial charge in [-0.2, -0.15) is 8.78 Å². The number of carbonyl (C=O) groups excluding carboxylic acids is 2. The van der Waals surface area contributed by atoms with Crippen LogP contribution in [0.15, 0.2) is 30.3 Å². The van der Waals surface area contributed by atoms with Gasteiger partial charge in [-0.25, -0.2) is 9.59 Å². The van der Waals surface area contributed by atoms with Crippen LogP contribution in [0.2, 0.25) is 0 Å². The first kappa shape index (κ1) is 17.2. The molecule has 23 heavy (non-hydrogen) atoms. The summed E-state index contributed by atoms with van der Waals surface area (Å²) in [6, 6.07) is 9.07. The Morgan fingerprint density at radius 1 is 1.26 bits per heavy atom. The average Bonchev–Trinajstić information content (AvgIpc) is 3.04. The van der Waals surface area contributed by atoms with Crippen molar-refractivity contribution in [2.24, 2.45) is 5.92 Å². The highest BCUT2D eigenvalue weighted by molar-refractivity contribution is 5.78. The fraction of sp³-hybridized carbons (Fsp3) is 0.500. The van der Waals surface area contributed by atoms with E-state index in [9.17, 15) is 18.4 Å². The molecule has 0 N–H and O–H groups in total. The SMILES string of the molecule is CCOC(=O)C(F)(F)C1CCN(C(=O)OCc2ccccc2)C1. The number of rotatable bonds is 5. The minimum atomic E-state index is -3.59. The molecule has 126 valence electrons. The lowest BCUT2D eigenvalue weighted by molar-refractivity contribution is -0.179. The first-order valence-electron chi connectivity index (χ1n) is 7.45. The molecule has 1 aromatic carbocycles. The quantitative estimate of drug-likeness (QED) is 0.781. The van der Waals surface area contributed by atoms with Crippen LogP contribution >= 0.6 is 0 Å². The van der Waals surface area contributed by atoms with Crippen molar-refractivity contribution in [1.29, 1.82) is 0 Å². The summed E-state index contributed by atoms with van der Waals surface area (Å²) in [5.41, 5.74) is 0.813. The molecule has 1 saturated heterocycles. The Bertz CT molecular complexity index is 550. The summed E-state index contributed by atoms with van der Waals surface area (Å²) in [6.07, 6.45) is -0.622. The lowest BCUT2D eigenvalue weighted by Crippen LogP contribution is -2.41. The lowest BCUT2D eigenvalue weighted by atomic mass is 10.0. The van der Waals surface area contributed by atoms with Gasteiger partial charge in [0.25, 0.3) is 0 Å². The number of ether oxygens (including phenoxy) is 2. The predicted molar refractivity (Wildman–Crippen MR) is 77.9 cm³/mol. The molecule has 7 heteroatoms. The van der Waals surface area contributed by atoms with Gasteiger partial charge in [0.05, 0.1) is 12.5 Å². The summed E-state index contributed by atoms with van der Waals surface area (Å²) < 4.78 is 37.4. The Balaban J connectivity index is 1.86. The molecular weight excluding hydrogens is 308 g/mol. The van der Waals surface area contributed by atoms with Gasteiger partial charge in [0.2, 0.25) is 0 Å². The molecule has 5 nitrogen and oxygen atoms in total. The molecule has 1 heterocycles. The monoisotopic (exact) mass is 327 g/mol. The zero-order chi connectivity index (χ0) is 16.9. The van der Waals surface area contributed by atoms with Crippen LogP contribution in [0.5, 0.6) is 0 Å². The van der Waals surface area contributed by atoms with Crippen LogP contribution in [0.4, 0.5) is 13.6 Å². The van der Waals surface area contributed by atoms with E-state index in [-0.39, 0.29) is 32.7 Å². The molecule has 1 amide bonds. The largest absolute Gasteiger partial charge is 0.462 e. The summed E-state index contributed by atoms with van der Waals surface area (Å²) >= 11 is 0. The Hall–Kier alpha value is -2.18. The average molecular weight is 327 g/mol. The predicted octanol–water partition coefficient (Wildman–Crippen LogP) is 2.84. The smallest absolute Gasteiger partial charge is 0.410 e. The van der Waals surface area contributed by atoms with Gasteiger partial charge >= 0.3 is 18.0 Å². The molecule has 1 atom stereocenters. The number of amides is 1. The van der Waals surface area contributed by atoms with E-state index in [4.69, 9.17) is 4.74 Å². The summed E-state index contributed by atoms with van der Waals surface area (Å²) in [6.45, 7) is 1.35. The third kappa shape index (κ3) is 4.18. The molecule has 1 aromatic rings. The third-order valence-electron chi connectivity index (χ3n) is 3.71.